The highest BCUT2D eigenvalue weighted by molar-refractivity contribution is 5.74. The van der Waals surface area contributed by atoms with Crippen molar-refractivity contribution in [1.29, 1.82) is 0 Å². The van der Waals surface area contributed by atoms with Crippen LogP contribution in [0.4, 0.5) is 4.79 Å². The van der Waals surface area contributed by atoms with Crippen LogP contribution in [0, 0.1) is 29.6 Å². The van der Waals surface area contributed by atoms with Crippen LogP contribution in [-0.4, -0.2) is 69.9 Å². The van der Waals surface area contributed by atoms with Gasteiger partial charge in [-0.15, -0.1) is 0 Å². The van der Waals surface area contributed by atoms with E-state index in [4.69, 9.17) is 0 Å². The number of aromatic nitrogens is 3. The number of carbonyl (C=O) groups excluding carboxylic acids is 1. The van der Waals surface area contributed by atoms with Crippen molar-refractivity contribution < 1.29 is 4.79 Å². The summed E-state index contributed by atoms with van der Waals surface area (Å²) in [5.41, 5.74) is 0. The summed E-state index contributed by atoms with van der Waals surface area (Å²) in [5.74, 6) is 4.52. The third kappa shape index (κ3) is 3.71. The van der Waals surface area contributed by atoms with E-state index in [9.17, 15) is 4.79 Å². The molecule has 4 aliphatic carbocycles. The van der Waals surface area contributed by atoms with Gasteiger partial charge in [-0.25, -0.2) is 9.78 Å². The minimum absolute atomic E-state index is 0.153. The molecule has 27 heavy (non-hydrogen) atoms. The van der Waals surface area contributed by atoms with E-state index in [2.05, 4.69) is 20.3 Å². The predicted molar refractivity (Wildman–Crippen MR) is 102 cm³/mol. The van der Waals surface area contributed by atoms with Crippen LogP contribution in [0.1, 0.15) is 32.1 Å². The van der Waals surface area contributed by atoms with E-state index in [1.54, 1.807) is 12.7 Å². The zero-order chi connectivity index (χ0) is 18.2. The standard InChI is InChI=1S/C20H32N6O/c27-20(22-12-19-17-8-15-7-16(10-17)11-18(19)9-15)25-4-1-24(2-5-25)3-6-26-14-21-13-23-26/h13-19H,1-12H2,(H,22,27). The van der Waals surface area contributed by atoms with Crippen molar-refractivity contribution in [2.24, 2.45) is 29.6 Å². The highest BCUT2D eigenvalue weighted by atomic mass is 16.2. The molecule has 1 aliphatic heterocycles. The van der Waals surface area contributed by atoms with Gasteiger partial charge in [0.2, 0.25) is 0 Å². The van der Waals surface area contributed by atoms with Crippen molar-refractivity contribution in [3.63, 3.8) is 0 Å². The Morgan fingerprint density at radius 2 is 1.67 bits per heavy atom. The maximum atomic E-state index is 12.7. The van der Waals surface area contributed by atoms with E-state index in [1.807, 2.05) is 9.58 Å². The second kappa shape index (κ2) is 7.41. The number of carbonyl (C=O) groups is 1. The van der Waals surface area contributed by atoms with Crippen LogP contribution < -0.4 is 5.32 Å². The van der Waals surface area contributed by atoms with Gasteiger partial charge in [-0.05, 0) is 61.7 Å². The number of rotatable bonds is 5. The topological polar surface area (TPSA) is 66.3 Å². The van der Waals surface area contributed by atoms with Gasteiger partial charge in [0.15, 0.2) is 0 Å². The summed E-state index contributed by atoms with van der Waals surface area (Å²) in [6, 6.07) is 0.153. The fourth-order valence-corrected chi connectivity index (χ4v) is 6.45. The first-order valence-corrected chi connectivity index (χ1v) is 10.8. The molecule has 5 fully saturated rings. The van der Waals surface area contributed by atoms with Gasteiger partial charge in [0.1, 0.15) is 12.7 Å². The van der Waals surface area contributed by atoms with Crippen molar-refractivity contribution in [1.82, 2.24) is 29.9 Å². The Bertz CT molecular complexity index is 611. The number of hydrogen-bond acceptors (Lipinski definition) is 4. The van der Waals surface area contributed by atoms with E-state index in [1.165, 1.54) is 32.1 Å². The first-order chi connectivity index (χ1) is 13.2. The Kier molecular flexibility index (Phi) is 4.80. The van der Waals surface area contributed by atoms with E-state index < -0.39 is 0 Å². The summed E-state index contributed by atoms with van der Waals surface area (Å²) >= 11 is 0. The average Bonchev–Trinajstić information content (AvgIpc) is 3.19. The van der Waals surface area contributed by atoms with Crippen LogP contribution in [0.25, 0.3) is 0 Å². The molecule has 0 radical (unpaired) electrons. The number of piperazine rings is 1. The molecule has 1 aromatic heterocycles. The van der Waals surface area contributed by atoms with Gasteiger partial charge in [0, 0.05) is 39.3 Å². The molecule has 7 nitrogen and oxygen atoms in total. The molecule has 1 aromatic rings. The van der Waals surface area contributed by atoms with Gasteiger partial charge >= 0.3 is 6.03 Å². The van der Waals surface area contributed by atoms with Crippen molar-refractivity contribution in [3.05, 3.63) is 12.7 Å². The Morgan fingerprint density at radius 1 is 0.963 bits per heavy atom. The molecule has 2 amide bonds. The number of urea groups is 1. The van der Waals surface area contributed by atoms with E-state index in [0.29, 0.717) is 0 Å². The molecule has 2 heterocycles. The second-order valence-corrected chi connectivity index (χ2v) is 9.27. The molecule has 7 heteroatoms. The second-order valence-electron chi connectivity index (χ2n) is 9.27. The van der Waals surface area contributed by atoms with Crippen molar-refractivity contribution >= 4 is 6.03 Å². The number of nitrogens with one attached hydrogen (secondary N) is 1. The zero-order valence-electron chi connectivity index (χ0n) is 16.2. The molecule has 0 atom stereocenters. The lowest BCUT2D eigenvalue weighted by atomic mass is 9.52. The van der Waals surface area contributed by atoms with Gasteiger partial charge in [0.25, 0.3) is 0 Å². The summed E-state index contributed by atoms with van der Waals surface area (Å²) in [5, 5.41) is 7.44. The Hall–Kier alpha value is -1.63. The molecule has 4 bridgehead atoms. The summed E-state index contributed by atoms with van der Waals surface area (Å²) in [4.78, 5) is 21.0. The van der Waals surface area contributed by atoms with Crippen LogP contribution in [0.5, 0.6) is 0 Å². The lowest BCUT2D eigenvalue weighted by Gasteiger charge is -2.54. The number of nitrogens with zero attached hydrogens (tertiary/aromatic N) is 5. The highest BCUT2D eigenvalue weighted by Gasteiger charge is 2.48. The number of hydrogen-bond donors (Lipinski definition) is 1. The fourth-order valence-electron chi connectivity index (χ4n) is 6.45. The molecule has 148 valence electrons. The third-order valence-corrected chi connectivity index (χ3v) is 7.68. The Morgan fingerprint density at radius 3 is 2.30 bits per heavy atom. The first-order valence-electron chi connectivity index (χ1n) is 10.8. The molecule has 1 N–H and O–H groups in total. The third-order valence-electron chi connectivity index (χ3n) is 7.68. The molecule has 0 unspecified atom stereocenters. The van der Waals surface area contributed by atoms with Crippen LogP contribution in [-0.2, 0) is 6.54 Å². The van der Waals surface area contributed by atoms with Crippen molar-refractivity contribution in [2.45, 2.75) is 38.6 Å². The zero-order valence-corrected chi connectivity index (χ0v) is 16.2. The maximum absolute atomic E-state index is 12.7. The lowest BCUT2D eigenvalue weighted by Crippen LogP contribution is -2.54. The molecule has 0 aromatic carbocycles. The lowest BCUT2D eigenvalue weighted by molar-refractivity contribution is -0.0347. The Labute approximate surface area is 161 Å². The molecule has 5 aliphatic rings. The first kappa shape index (κ1) is 17.5. The summed E-state index contributed by atoms with van der Waals surface area (Å²) < 4.78 is 1.87. The van der Waals surface area contributed by atoms with Crippen LogP contribution in [0.15, 0.2) is 12.7 Å². The smallest absolute Gasteiger partial charge is 0.317 e. The summed E-state index contributed by atoms with van der Waals surface area (Å²) in [7, 11) is 0. The quantitative estimate of drug-likeness (QED) is 0.854. The molecule has 1 saturated heterocycles. The average molecular weight is 373 g/mol. The summed E-state index contributed by atoms with van der Waals surface area (Å²) in [6.45, 7) is 6.27. The molecule has 0 spiro atoms. The molecular weight excluding hydrogens is 340 g/mol. The summed E-state index contributed by atoms with van der Waals surface area (Å²) in [6.07, 6.45) is 10.5. The van der Waals surface area contributed by atoms with Crippen LogP contribution in [0.3, 0.4) is 0 Å². The van der Waals surface area contributed by atoms with Crippen molar-refractivity contribution in [3.8, 4) is 0 Å². The monoisotopic (exact) mass is 372 g/mol. The predicted octanol–water partition coefficient (Wildman–Crippen LogP) is 1.68. The van der Waals surface area contributed by atoms with Crippen LogP contribution in [0.2, 0.25) is 0 Å². The van der Waals surface area contributed by atoms with Gasteiger partial charge < -0.3 is 10.2 Å². The van der Waals surface area contributed by atoms with E-state index >= 15 is 0 Å². The van der Waals surface area contributed by atoms with Crippen LogP contribution >= 0.6 is 0 Å². The van der Waals surface area contributed by atoms with Gasteiger partial charge in [0.05, 0.1) is 6.54 Å². The normalized spacial score (nSPS) is 35.6. The minimum atomic E-state index is 0.153. The highest BCUT2D eigenvalue weighted by Crippen LogP contribution is 2.56. The minimum Gasteiger partial charge on any atom is -0.338 e. The number of amides is 2. The Balaban J connectivity index is 1.05. The SMILES string of the molecule is O=C(NCC1C2CC3CC(C2)CC1C3)N1CCN(CCn2cncn2)CC1. The van der Waals surface area contributed by atoms with Gasteiger partial charge in [-0.1, -0.05) is 0 Å². The fraction of sp³-hybridized carbons (Fsp3) is 0.850. The maximum Gasteiger partial charge on any atom is 0.317 e. The van der Waals surface area contributed by atoms with E-state index in [0.717, 1.165) is 75.4 Å². The molecular formula is C20H32N6O. The molecule has 4 saturated carbocycles. The van der Waals surface area contributed by atoms with Gasteiger partial charge in [-0.2, -0.15) is 5.10 Å². The van der Waals surface area contributed by atoms with E-state index in [-0.39, 0.29) is 6.03 Å². The largest absolute Gasteiger partial charge is 0.338 e. The van der Waals surface area contributed by atoms with Gasteiger partial charge in [-0.3, -0.25) is 9.58 Å². The van der Waals surface area contributed by atoms with Crippen molar-refractivity contribution in [2.75, 3.05) is 39.3 Å². The molecule has 6 rings (SSSR count).